The first-order chi connectivity index (χ1) is 10.1. The normalized spacial score (nSPS) is 17.5. The van der Waals surface area contributed by atoms with Crippen molar-refractivity contribution in [3.8, 4) is 5.75 Å². The van der Waals surface area contributed by atoms with Crippen molar-refractivity contribution in [2.75, 3.05) is 20.7 Å². The van der Waals surface area contributed by atoms with E-state index < -0.39 is 0 Å². The summed E-state index contributed by atoms with van der Waals surface area (Å²) < 4.78 is 5.33. The van der Waals surface area contributed by atoms with Gasteiger partial charge in [0.15, 0.2) is 0 Å². The van der Waals surface area contributed by atoms with Gasteiger partial charge in [0.2, 0.25) is 0 Å². The van der Waals surface area contributed by atoms with Crippen LogP contribution in [0.15, 0.2) is 36.4 Å². The number of rotatable bonds is 2. The Morgan fingerprint density at radius 1 is 1.09 bits per heavy atom. The second-order valence-electron chi connectivity index (χ2n) is 5.49. The fraction of sp³-hybridized carbons (Fsp3) is 0.294. The third-order valence-corrected chi connectivity index (χ3v) is 4.75. The van der Waals surface area contributed by atoms with Gasteiger partial charge in [-0.1, -0.05) is 35.3 Å². The lowest BCUT2D eigenvalue weighted by Crippen LogP contribution is -2.31. The van der Waals surface area contributed by atoms with Crippen LogP contribution in [-0.2, 0) is 6.54 Å². The molecule has 1 heterocycles. The van der Waals surface area contributed by atoms with Gasteiger partial charge < -0.3 is 9.64 Å². The van der Waals surface area contributed by atoms with E-state index in [0.29, 0.717) is 16.0 Å². The average Bonchev–Trinajstić information content (AvgIpc) is 2.48. The summed E-state index contributed by atoms with van der Waals surface area (Å²) in [6.07, 6.45) is 0. The zero-order valence-corrected chi connectivity index (χ0v) is 14.8. The molecule has 2 nitrogen and oxygen atoms in total. The third kappa shape index (κ3) is 3.36. The first-order valence-electron chi connectivity index (χ1n) is 6.89. The van der Waals surface area contributed by atoms with E-state index in [-0.39, 0.29) is 12.4 Å². The Kier molecular flexibility index (Phi) is 5.62. The summed E-state index contributed by atoms with van der Waals surface area (Å²) in [4.78, 5) is 2.31. The standard InChI is InChI=1S/C17H17Cl2NO.ClH/c1-20-9-12-7-13(21-2)4-5-14(12)15(10-20)11-3-6-16(18)17(19)8-11;/h3-8,15H,9-10H2,1-2H3;1H/t15-;/m1./s1. The summed E-state index contributed by atoms with van der Waals surface area (Å²) >= 11 is 12.2. The van der Waals surface area contributed by atoms with E-state index in [4.69, 9.17) is 27.9 Å². The topological polar surface area (TPSA) is 12.5 Å². The number of likely N-dealkylation sites (N-methyl/N-ethyl adjacent to an activating group) is 1. The summed E-state index contributed by atoms with van der Waals surface area (Å²) in [6, 6.07) is 12.2. The lowest BCUT2D eigenvalue weighted by molar-refractivity contribution is 0.294. The van der Waals surface area contributed by atoms with Crippen molar-refractivity contribution in [3.63, 3.8) is 0 Å². The Bertz CT molecular complexity index is 675. The predicted molar refractivity (Wildman–Crippen MR) is 94.9 cm³/mol. The average molecular weight is 359 g/mol. The lowest BCUT2D eigenvalue weighted by atomic mass is 9.85. The monoisotopic (exact) mass is 357 g/mol. The number of nitrogens with zero attached hydrogens (tertiary/aromatic N) is 1. The fourth-order valence-corrected chi connectivity index (χ4v) is 3.27. The Morgan fingerprint density at radius 2 is 1.86 bits per heavy atom. The highest BCUT2D eigenvalue weighted by atomic mass is 35.5. The smallest absolute Gasteiger partial charge is 0.119 e. The first-order valence-corrected chi connectivity index (χ1v) is 7.64. The van der Waals surface area contributed by atoms with E-state index in [0.717, 1.165) is 18.8 Å². The summed E-state index contributed by atoms with van der Waals surface area (Å²) in [5.74, 6) is 1.20. The maximum Gasteiger partial charge on any atom is 0.119 e. The second-order valence-corrected chi connectivity index (χ2v) is 6.30. The van der Waals surface area contributed by atoms with Crippen LogP contribution in [0.1, 0.15) is 22.6 Å². The van der Waals surface area contributed by atoms with E-state index >= 15 is 0 Å². The number of fused-ring (bicyclic) bond motifs is 1. The number of methoxy groups -OCH3 is 1. The van der Waals surface area contributed by atoms with Crippen LogP contribution in [0.25, 0.3) is 0 Å². The molecule has 1 aliphatic rings. The van der Waals surface area contributed by atoms with Crippen LogP contribution in [-0.4, -0.2) is 25.6 Å². The van der Waals surface area contributed by atoms with Gasteiger partial charge in [-0.05, 0) is 48.0 Å². The maximum absolute atomic E-state index is 6.18. The zero-order chi connectivity index (χ0) is 15.0. The van der Waals surface area contributed by atoms with Gasteiger partial charge in [0.25, 0.3) is 0 Å². The van der Waals surface area contributed by atoms with Gasteiger partial charge >= 0.3 is 0 Å². The van der Waals surface area contributed by atoms with Crippen molar-refractivity contribution < 1.29 is 4.74 Å². The molecule has 0 N–H and O–H groups in total. The van der Waals surface area contributed by atoms with Gasteiger partial charge in [-0.15, -0.1) is 12.4 Å². The van der Waals surface area contributed by atoms with Crippen molar-refractivity contribution in [2.24, 2.45) is 0 Å². The molecule has 0 saturated heterocycles. The van der Waals surface area contributed by atoms with E-state index in [1.54, 1.807) is 7.11 Å². The first kappa shape index (κ1) is 17.4. The number of halogens is 3. The number of benzene rings is 2. The van der Waals surface area contributed by atoms with Gasteiger partial charge in [0, 0.05) is 19.0 Å². The summed E-state index contributed by atoms with van der Waals surface area (Å²) in [6.45, 7) is 1.90. The minimum Gasteiger partial charge on any atom is -0.497 e. The van der Waals surface area contributed by atoms with E-state index in [1.165, 1.54) is 16.7 Å². The fourth-order valence-electron chi connectivity index (χ4n) is 2.97. The van der Waals surface area contributed by atoms with Crippen molar-refractivity contribution in [1.29, 1.82) is 0 Å². The van der Waals surface area contributed by atoms with Crippen molar-refractivity contribution in [2.45, 2.75) is 12.5 Å². The molecular formula is C17H18Cl3NO. The number of hydrogen-bond acceptors (Lipinski definition) is 2. The van der Waals surface area contributed by atoms with Crippen LogP contribution in [0.4, 0.5) is 0 Å². The molecular weight excluding hydrogens is 341 g/mol. The summed E-state index contributed by atoms with van der Waals surface area (Å²) in [5, 5.41) is 1.21. The van der Waals surface area contributed by atoms with Crippen LogP contribution in [0.3, 0.4) is 0 Å². The number of ether oxygens (including phenoxy) is 1. The molecule has 2 aromatic rings. The molecule has 1 atom stereocenters. The minimum atomic E-state index is 0. The highest BCUT2D eigenvalue weighted by Crippen LogP contribution is 2.36. The van der Waals surface area contributed by atoms with E-state index in [2.05, 4.69) is 30.1 Å². The molecule has 22 heavy (non-hydrogen) atoms. The maximum atomic E-state index is 6.18. The van der Waals surface area contributed by atoms with Crippen molar-refractivity contribution in [3.05, 3.63) is 63.1 Å². The molecule has 0 aromatic heterocycles. The lowest BCUT2D eigenvalue weighted by Gasteiger charge is -2.33. The molecule has 3 rings (SSSR count). The SMILES string of the molecule is COc1ccc2c(c1)CN(C)C[C@@H]2c1ccc(Cl)c(Cl)c1.Cl. The minimum absolute atomic E-state index is 0. The molecule has 0 spiro atoms. The molecule has 0 saturated carbocycles. The van der Waals surface area contributed by atoms with Crippen molar-refractivity contribution in [1.82, 2.24) is 4.90 Å². The van der Waals surface area contributed by atoms with Crippen LogP contribution < -0.4 is 4.74 Å². The molecule has 1 aliphatic heterocycles. The molecule has 0 unspecified atom stereocenters. The van der Waals surface area contributed by atoms with E-state index in [1.807, 2.05) is 18.2 Å². The summed E-state index contributed by atoms with van der Waals surface area (Å²) in [7, 11) is 3.83. The third-order valence-electron chi connectivity index (χ3n) is 4.01. The van der Waals surface area contributed by atoms with Crippen LogP contribution in [0, 0.1) is 0 Å². The second kappa shape index (κ2) is 7.10. The Hall–Kier alpha value is -0.930. The van der Waals surface area contributed by atoms with E-state index in [9.17, 15) is 0 Å². The molecule has 5 heteroatoms. The van der Waals surface area contributed by atoms with Crippen LogP contribution >= 0.6 is 35.6 Å². The zero-order valence-electron chi connectivity index (χ0n) is 12.5. The Balaban J connectivity index is 0.00000176. The largest absolute Gasteiger partial charge is 0.497 e. The summed E-state index contributed by atoms with van der Waals surface area (Å²) in [5.41, 5.74) is 3.84. The number of hydrogen-bond donors (Lipinski definition) is 0. The molecule has 0 radical (unpaired) electrons. The highest BCUT2D eigenvalue weighted by molar-refractivity contribution is 6.42. The molecule has 0 aliphatic carbocycles. The van der Waals surface area contributed by atoms with Gasteiger partial charge in [-0.3, -0.25) is 0 Å². The molecule has 0 amide bonds. The molecule has 118 valence electrons. The Morgan fingerprint density at radius 3 is 2.55 bits per heavy atom. The molecule has 2 aromatic carbocycles. The van der Waals surface area contributed by atoms with Crippen LogP contribution in [0.2, 0.25) is 10.0 Å². The molecule has 0 fully saturated rings. The molecule has 0 bridgehead atoms. The quantitative estimate of drug-likeness (QED) is 0.749. The van der Waals surface area contributed by atoms with Gasteiger partial charge in [-0.25, -0.2) is 0 Å². The van der Waals surface area contributed by atoms with Gasteiger partial charge in [0.05, 0.1) is 17.2 Å². The van der Waals surface area contributed by atoms with Gasteiger partial charge in [-0.2, -0.15) is 0 Å². The highest BCUT2D eigenvalue weighted by Gasteiger charge is 2.25. The Labute approximate surface area is 147 Å². The van der Waals surface area contributed by atoms with Crippen LogP contribution in [0.5, 0.6) is 5.75 Å². The van der Waals surface area contributed by atoms with Gasteiger partial charge in [0.1, 0.15) is 5.75 Å². The predicted octanol–water partition coefficient (Wildman–Crippen LogP) is 5.00. The van der Waals surface area contributed by atoms with Crippen molar-refractivity contribution >= 4 is 35.6 Å².